The zero-order valence-corrected chi connectivity index (χ0v) is 10.4. The highest BCUT2D eigenvalue weighted by Crippen LogP contribution is 2.32. The monoisotopic (exact) mass is 224 g/mol. The number of carbonyl (C=O) groups excluding carboxylic acids is 1. The van der Waals surface area contributed by atoms with Crippen molar-refractivity contribution in [1.29, 1.82) is 0 Å². The van der Waals surface area contributed by atoms with Crippen LogP contribution in [0.15, 0.2) is 0 Å². The smallest absolute Gasteiger partial charge is 0.224 e. The van der Waals surface area contributed by atoms with E-state index in [4.69, 9.17) is 5.73 Å². The summed E-state index contributed by atoms with van der Waals surface area (Å²) in [4.78, 5) is 14.3. The van der Waals surface area contributed by atoms with Crippen molar-refractivity contribution in [1.82, 2.24) is 4.90 Å². The first-order chi connectivity index (χ1) is 7.64. The van der Waals surface area contributed by atoms with E-state index >= 15 is 0 Å². The third-order valence-corrected chi connectivity index (χ3v) is 4.27. The topological polar surface area (TPSA) is 46.3 Å². The minimum absolute atomic E-state index is 0.183. The number of carbonyl (C=O) groups is 1. The molecule has 2 N–H and O–H groups in total. The van der Waals surface area contributed by atoms with E-state index in [1.807, 2.05) is 0 Å². The van der Waals surface area contributed by atoms with E-state index < -0.39 is 0 Å². The second-order valence-corrected chi connectivity index (χ2v) is 5.54. The number of nitrogens with two attached hydrogens (primary N) is 1. The van der Waals surface area contributed by atoms with E-state index in [-0.39, 0.29) is 5.54 Å². The van der Waals surface area contributed by atoms with Crippen LogP contribution in [0.4, 0.5) is 0 Å². The molecule has 0 spiro atoms. The average Bonchev–Trinajstić information content (AvgIpc) is 2.85. The van der Waals surface area contributed by atoms with Crippen molar-refractivity contribution in [3.05, 3.63) is 0 Å². The van der Waals surface area contributed by atoms with Gasteiger partial charge in [-0.05, 0) is 32.1 Å². The normalized spacial score (nSPS) is 28.6. The Balaban J connectivity index is 1.92. The Morgan fingerprint density at radius 2 is 2.06 bits per heavy atom. The Kier molecular flexibility index (Phi) is 3.53. The van der Waals surface area contributed by atoms with Gasteiger partial charge in [-0.1, -0.05) is 19.8 Å². The molecule has 1 saturated heterocycles. The average molecular weight is 224 g/mol. The number of hydrogen-bond acceptors (Lipinski definition) is 2. The maximum absolute atomic E-state index is 12.2. The zero-order valence-electron chi connectivity index (χ0n) is 10.4. The largest absolute Gasteiger partial charge is 0.340 e. The van der Waals surface area contributed by atoms with Crippen LogP contribution in [0.3, 0.4) is 0 Å². The van der Waals surface area contributed by atoms with Gasteiger partial charge < -0.3 is 10.6 Å². The van der Waals surface area contributed by atoms with Gasteiger partial charge in [-0.25, -0.2) is 0 Å². The van der Waals surface area contributed by atoms with E-state index in [2.05, 4.69) is 11.8 Å². The Hall–Kier alpha value is -0.570. The summed E-state index contributed by atoms with van der Waals surface area (Å²) in [5, 5.41) is 0. The van der Waals surface area contributed by atoms with Gasteiger partial charge in [0.15, 0.2) is 0 Å². The van der Waals surface area contributed by atoms with Gasteiger partial charge in [-0.3, -0.25) is 4.79 Å². The lowest BCUT2D eigenvalue weighted by Gasteiger charge is -2.29. The van der Waals surface area contributed by atoms with Crippen molar-refractivity contribution < 1.29 is 4.79 Å². The fraction of sp³-hybridized carbons (Fsp3) is 0.923. The maximum Gasteiger partial charge on any atom is 0.224 e. The standard InChI is InChI=1S/C13H24N2O/c1-2-11-6-5-9-15(11)12(16)10-13(14)7-3-4-8-13/h11H,2-10,14H2,1H3. The molecule has 1 saturated carbocycles. The summed E-state index contributed by atoms with van der Waals surface area (Å²) in [5.74, 6) is 0.300. The summed E-state index contributed by atoms with van der Waals surface area (Å²) < 4.78 is 0. The van der Waals surface area contributed by atoms with Crippen molar-refractivity contribution in [2.75, 3.05) is 6.54 Å². The number of nitrogens with zero attached hydrogens (tertiary/aromatic N) is 1. The van der Waals surface area contributed by atoms with Gasteiger partial charge in [0.25, 0.3) is 0 Å². The number of likely N-dealkylation sites (tertiary alicyclic amines) is 1. The Morgan fingerprint density at radius 1 is 1.38 bits per heavy atom. The van der Waals surface area contributed by atoms with Crippen LogP contribution in [-0.2, 0) is 4.79 Å². The molecule has 1 unspecified atom stereocenters. The quantitative estimate of drug-likeness (QED) is 0.797. The molecule has 92 valence electrons. The molecule has 0 bridgehead atoms. The first kappa shape index (κ1) is 11.9. The van der Waals surface area contributed by atoms with Crippen LogP contribution in [0.5, 0.6) is 0 Å². The molecule has 1 atom stereocenters. The van der Waals surface area contributed by atoms with Crippen molar-refractivity contribution >= 4 is 5.91 Å². The molecule has 3 nitrogen and oxygen atoms in total. The van der Waals surface area contributed by atoms with E-state index in [1.54, 1.807) is 0 Å². The molecule has 1 aliphatic heterocycles. The van der Waals surface area contributed by atoms with Crippen LogP contribution in [0.1, 0.15) is 58.3 Å². The van der Waals surface area contributed by atoms with Gasteiger partial charge in [0.05, 0.1) is 0 Å². The molecular formula is C13H24N2O. The van der Waals surface area contributed by atoms with Crippen LogP contribution < -0.4 is 5.73 Å². The van der Waals surface area contributed by atoms with Gasteiger partial charge in [-0.15, -0.1) is 0 Å². The molecule has 2 rings (SSSR count). The molecule has 0 aromatic carbocycles. The lowest BCUT2D eigenvalue weighted by Crippen LogP contribution is -2.45. The van der Waals surface area contributed by atoms with Crippen molar-refractivity contribution in [3.8, 4) is 0 Å². The molecule has 2 aliphatic rings. The third kappa shape index (κ3) is 2.40. The molecular weight excluding hydrogens is 200 g/mol. The van der Waals surface area contributed by atoms with Crippen molar-refractivity contribution in [3.63, 3.8) is 0 Å². The van der Waals surface area contributed by atoms with Gasteiger partial charge in [-0.2, -0.15) is 0 Å². The molecule has 0 aromatic heterocycles. The molecule has 1 heterocycles. The number of rotatable bonds is 3. The first-order valence-corrected chi connectivity index (χ1v) is 6.73. The van der Waals surface area contributed by atoms with Crippen LogP contribution in [-0.4, -0.2) is 28.9 Å². The predicted octanol–water partition coefficient (Wildman–Crippen LogP) is 2.05. The second-order valence-electron chi connectivity index (χ2n) is 5.54. The third-order valence-electron chi connectivity index (χ3n) is 4.27. The van der Waals surface area contributed by atoms with E-state index in [1.165, 1.54) is 25.7 Å². The summed E-state index contributed by atoms with van der Waals surface area (Å²) >= 11 is 0. The SMILES string of the molecule is CCC1CCCN1C(=O)CC1(N)CCCC1. The zero-order chi connectivity index (χ0) is 11.6. The van der Waals surface area contributed by atoms with Crippen molar-refractivity contribution in [2.45, 2.75) is 69.9 Å². The summed E-state index contributed by atoms with van der Waals surface area (Å²) in [6.45, 7) is 3.12. The van der Waals surface area contributed by atoms with Gasteiger partial charge in [0.2, 0.25) is 5.91 Å². The van der Waals surface area contributed by atoms with Crippen LogP contribution in [0.25, 0.3) is 0 Å². The maximum atomic E-state index is 12.2. The minimum Gasteiger partial charge on any atom is -0.340 e. The summed E-state index contributed by atoms with van der Waals surface area (Å²) in [7, 11) is 0. The molecule has 0 aromatic rings. The molecule has 1 amide bonds. The van der Waals surface area contributed by atoms with Gasteiger partial charge in [0, 0.05) is 24.5 Å². The molecule has 1 aliphatic carbocycles. The van der Waals surface area contributed by atoms with Crippen LogP contribution in [0, 0.1) is 0 Å². The number of amides is 1. The number of hydrogen-bond donors (Lipinski definition) is 1. The summed E-state index contributed by atoms with van der Waals surface area (Å²) in [6.07, 6.45) is 8.46. The first-order valence-electron chi connectivity index (χ1n) is 6.73. The highest BCUT2D eigenvalue weighted by atomic mass is 16.2. The second kappa shape index (κ2) is 4.74. The fourth-order valence-electron chi connectivity index (χ4n) is 3.25. The Bertz CT molecular complexity index is 259. The lowest BCUT2D eigenvalue weighted by molar-refractivity contribution is -0.133. The molecule has 3 heteroatoms. The summed E-state index contributed by atoms with van der Waals surface area (Å²) in [5.41, 5.74) is 6.08. The van der Waals surface area contributed by atoms with Crippen molar-refractivity contribution in [2.24, 2.45) is 5.73 Å². The van der Waals surface area contributed by atoms with Crippen LogP contribution >= 0.6 is 0 Å². The van der Waals surface area contributed by atoms with Crippen LogP contribution in [0.2, 0.25) is 0 Å². The molecule has 0 radical (unpaired) electrons. The Labute approximate surface area is 98.4 Å². The Morgan fingerprint density at radius 3 is 2.69 bits per heavy atom. The lowest BCUT2D eigenvalue weighted by atomic mass is 9.94. The highest BCUT2D eigenvalue weighted by molar-refractivity contribution is 5.78. The minimum atomic E-state index is -0.183. The van der Waals surface area contributed by atoms with E-state index in [0.29, 0.717) is 18.4 Å². The van der Waals surface area contributed by atoms with Gasteiger partial charge in [0.1, 0.15) is 0 Å². The van der Waals surface area contributed by atoms with E-state index in [0.717, 1.165) is 25.8 Å². The molecule has 16 heavy (non-hydrogen) atoms. The van der Waals surface area contributed by atoms with E-state index in [9.17, 15) is 4.79 Å². The summed E-state index contributed by atoms with van der Waals surface area (Å²) in [6, 6.07) is 0.484. The fourth-order valence-corrected chi connectivity index (χ4v) is 3.25. The van der Waals surface area contributed by atoms with Gasteiger partial charge >= 0.3 is 0 Å². The predicted molar refractivity (Wildman–Crippen MR) is 65.0 cm³/mol. The highest BCUT2D eigenvalue weighted by Gasteiger charge is 2.35. The molecule has 2 fully saturated rings.